The van der Waals surface area contributed by atoms with E-state index >= 15 is 0 Å². The molecule has 2 aromatic carbocycles. The minimum Gasteiger partial charge on any atom is -0.324 e. The molecule has 4 rings (SSSR count). The van der Waals surface area contributed by atoms with Crippen LogP contribution in [-0.4, -0.2) is 33.4 Å². The predicted octanol–water partition coefficient (Wildman–Crippen LogP) is 5.77. The van der Waals surface area contributed by atoms with Crippen molar-refractivity contribution in [1.82, 2.24) is 14.5 Å². The Morgan fingerprint density at radius 3 is 2.80 bits per heavy atom. The van der Waals surface area contributed by atoms with Gasteiger partial charge in [-0.3, -0.25) is 9.69 Å². The molecule has 0 aliphatic carbocycles. The first-order chi connectivity index (χ1) is 14.4. The molecule has 7 heteroatoms. The molecule has 0 radical (unpaired) electrons. The van der Waals surface area contributed by atoms with Gasteiger partial charge in [-0.2, -0.15) is 0 Å². The highest BCUT2D eigenvalue weighted by Crippen LogP contribution is 2.28. The summed E-state index contributed by atoms with van der Waals surface area (Å²) in [5.41, 5.74) is 2.78. The number of likely N-dealkylation sites (tertiary alicyclic amines) is 1. The fraction of sp³-hybridized carbons (Fsp3) is 0.391. The molecule has 0 unspecified atom stereocenters. The van der Waals surface area contributed by atoms with Crippen LogP contribution in [-0.2, 0) is 11.3 Å². The molecule has 30 heavy (non-hydrogen) atoms. The van der Waals surface area contributed by atoms with Crippen LogP contribution in [0.25, 0.3) is 11.0 Å². The topological polar surface area (TPSA) is 50.2 Å². The van der Waals surface area contributed by atoms with Gasteiger partial charge in [0.25, 0.3) is 0 Å². The molecular weight excluding hydrogens is 419 g/mol. The van der Waals surface area contributed by atoms with E-state index in [-0.39, 0.29) is 11.8 Å². The second-order valence-corrected chi connectivity index (χ2v) is 9.01. The van der Waals surface area contributed by atoms with Crippen molar-refractivity contribution in [2.24, 2.45) is 5.92 Å². The first-order valence-electron chi connectivity index (χ1n) is 10.4. The number of nitrogens with one attached hydrogen (secondary N) is 1. The largest absolute Gasteiger partial charge is 0.324 e. The maximum Gasteiger partial charge on any atom is 0.228 e. The average Bonchev–Trinajstić information content (AvgIpc) is 3.08. The number of piperidine rings is 1. The highest BCUT2D eigenvalue weighted by atomic mass is 35.5. The van der Waals surface area contributed by atoms with Gasteiger partial charge < -0.3 is 9.88 Å². The number of benzene rings is 2. The molecule has 1 aliphatic rings. The van der Waals surface area contributed by atoms with Crippen LogP contribution < -0.4 is 5.32 Å². The van der Waals surface area contributed by atoms with Crippen LogP contribution in [0.2, 0.25) is 10.0 Å². The fourth-order valence-electron chi connectivity index (χ4n) is 4.22. The Morgan fingerprint density at radius 2 is 2.03 bits per heavy atom. The number of halogens is 2. The van der Waals surface area contributed by atoms with E-state index in [1.165, 1.54) is 0 Å². The molecule has 1 amide bonds. The van der Waals surface area contributed by atoms with Crippen molar-refractivity contribution in [3.8, 4) is 0 Å². The highest BCUT2D eigenvalue weighted by Gasteiger charge is 2.27. The van der Waals surface area contributed by atoms with Crippen LogP contribution in [0.4, 0.5) is 5.69 Å². The van der Waals surface area contributed by atoms with E-state index < -0.39 is 0 Å². The SMILES string of the molecule is CC(C)n1c(CN2CCC[C@H](C(=O)Nc3ccc(Cl)cc3Cl)C2)nc2ccccc21. The molecule has 0 bridgehead atoms. The summed E-state index contributed by atoms with van der Waals surface area (Å²) in [6, 6.07) is 13.7. The third-order valence-corrected chi connectivity index (χ3v) is 6.16. The summed E-state index contributed by atoms with van der Waals surface area (Å²) < 4.78 is 2.30. The van der Waals surface area contributed by atoms with Gasteiger partial charge >= 0.3 is 0 Å². The second kappa shape index (κ2) is 8.96. The number of aromatic nitrogens is 2. The van der Waals surface area contributed by atoms with Gasteiger partial charge in [0, 0.05) is 17.6 Å². The average molecular weight is 445 g/mol. The fourth-order valence-corrected chi connectivity index (χ4v) is 4.68. The summed E-state index contributed by atoms with van der Waals surface area (Å²) in [7, 11) is 0. The van der Waals surface area contributed by atoms with Crippen LogP contribution in [0.1, 0.15) is 38.6 Å². The first kappa shape index (κ1) is 21.2. The van der Waals surface area contributed by atoms with Gasteiger partial charge in [0.05, 0.1) is 34.2 Å². The zero-order valence-corrected chi connectivity index (χ0v) is 18.7. The van der Waals surface area contributed by atoms with Crippen molar-refractivity contribution in [3.05, 3.63) is 58.3 Å². The summed E-state index contributed by atoms with van der Waals surface area (Å²) in [6.45, 7) is 6.77. The molecular formula is C23H26Cl2N4O. The van der Waals surface area contributed by atoms with Gasteiger partial charge in [-0.1, -0.05) is 35.3 Å². The summed E-state index contributed by atoms with van der Waals surface area (Å²) in [5.74, 6) is 0.969. The number of fused-ring (bicyclic) bond motifs is 1. The zero-order chi connectivity index (χ0) is 21.3. The third-order valence-electron chi connectivity index (χ3n) is 5.62. The third kappa shape index (κ3) is 4.48. The number of hydrogen-bond donors (Lipinski definition) is 1. The normalized spacial score (nSPS) is 17.6. The molecule has 1 aromatic heterocycles. The van der Waals surface area contributed by atoms with Gasteiger partial charge in [-0.05, 0) is 63.6 Å². The summed E-state index contributed by atoms with van der Waals surface area (Å²) in [4.78, 5) is 20.1. The van der Waals surface area contributed by atoms with Crippen molar-refractivity contribution < 1.29 is 4.79 Å². The van der Waals surface area contributed by atoms with Crippen LogP contribution in [0, 0.1) is 5.92 Å². The Kier molecular flexibility index (Phi) is 6.32. The standard InChI is InChI=1S/C23H26Cl2N4O/c1-15(2)29-21-8-4-3-7-20(21)26-22(29)14-28-11-5-6-16(13-28)23(30)27-19-10-9-17(24)12-18(19)25/h3-4,7-10,12,15-16H,5-6,11,13-14H2,1-2H3,(H,27,30)/t16-/m0/s1. The van der Waals surface area contributed by atoms with Crippen LogP contribution in [0.5, 0.6) is 0 Å². The van der Waals surface area contributed by atoms with Crippen molar-refractivity contribution >= 4 is 45.8 Å². The predicted molar refractivity (Wildman–Crippen MR) is 123 cm³/mol. The lowest BCUT2D eigenvalue weighted by Crippen LogP contribution is -2.40. The van der Waals surface area contributed by atoms with Crippen molar-refractivity contribution in [3.63, 3.8) is 0 Å². The Labute approximate surface area is 187 Å². The number of amides is 1. The molecule has 0 spiro atoms. The van der Waals surface area contributed by atoms with Gasteiger partial charge in [-0.25, -0.2) is 4.98 Å². The van der Waals surface area contributed by atoms with E-state index in [4.69, 9.17) is 28.2 Å². The lowest BCUT2D eigenvalue weighted by Gasteiger charge is -2.32. The molecule has 5 nitrogen and oxygen atoms in total. The lowest BCUT2D eigenvalue weighted by molar-refractivity contribution is -0.121. The number of carbonyl (C=O) groups is 1. The molecule has 1 atom stereocenters. The van der Waals surface area contributed by atoms with E-state index in [9.17, 15) is 4.79 Å². The summed E-state index contributed by atoms with van der Waals surface area (Å²) in [6.07, 6.45) is 1.85. The first-order valence-corrected chi connectivity index (χ1v) is 11.1. The number of hydrogen-bond acceptors (Lipinski definition) is 3. The summed E-state index contributed by atoms with van der Waals surface area (Å²) in [5, 5.41) is 3.97. The van der Waals surface area contributed by atoms with E-state index in [0.29, 0.717) is 28.3 Å². The van der Waals surface area contributed by atoms with Crippen LogP contribution in [0.3, 0.4) is 0 Å². The minimum atomic E-state index is -0.0811. The zero-order valence-electron chi connectivity index (χ0n) is 17.2. The van der Waals surface area contributed by atoms with Gasteiger partial charge in [0.15, 0.2) is 0 Å². The Balaban J connectivity index is 1.47. The number of anilines is 1. The van der Waals surface area contributed by atoms with E-state index in [0.717, 1.165) is 42.8 Å². The number of carbonyl (C=O) groups excluding carboxylic acids is 1. The van der Waals surface area contributed by atoms with Crippen molar-refractivity contribution in [1.29, 1.82) is 0 Å². The number of para-hydroxylation sites is 2. The van der Waals surface area contributed by atoms with Gasteiger partial charge in [0.2, 0.25) is 5.91 Å². The number of imidazole rings is 1. The molecule has 1 aliphatic heterocycles. The van der Waals surface area contributed by atoms with Crippen LogP contribution >= 0.6 is 23.2 Å². The van der Waals surface area contributed by atoms with Gasteiger partial charge in [-0.15, -0.1) is 0 Å². The molecule has 1 saturated heterocycles. The van der Waals surface area contributed by atoms with Crippen molar-refractivity contribution in [2.75, 3.05) is 18.4 Å². The quantitative estimate of drug-likeness (QED) is 0.542. The van der Waals surface area contributed by atoms with E-state index in [1.807, 2.05) is 6.07 Å². The van der Waals surface area contributed by atoms with Crippen molar-refractivity contribution in [2.45, 2.75) is 39.3 Å². The van der Waals surface area contributed by atoms with Crippen LogP contribution in [0.15, 0.2) is 42.5 Å². The molecule has 158 valence electrons. The monoisotopic (exact) mass is 444 g/mol. The Hall–Kier alpha value is -2.08. The highest BCUT2D eigenvalue weighted by molar-refractivity contribution is 6.36. The van der Waals surface area contributed by atoms with Gasteiger partial charge in [0.1, 0.15) is 5.82 Å². The molecule has 0 saturated carbocycles. The molecule has 2 heterocycles. The number of rotatable bonds is 5. The summed E-state index contributed by atoms with van der Waals surface area (Å²) >= 11 is 12.2. The smallest absolute Gasteiger partial charge is 0.228 e. The molecule has 3 aromatic rings. The van der Waals surface area contributed by atoms with E-state index in [2.05, 4.69) is 46.8 Å². The maximum atomic E-state index is 12.9. The van der Waals surface area contributed by atoms with E-state index in [1.54, 1.807) is 18.2 Å². The minimum absolute atomic E-state index is 0.00119. The maximum absolute atomic E-state index is 12.9. The molecule has 1 N–H and O–H groups in total. The Morgan fingerprint density at radius 1 is 1.23 bits per heavy atom. The second-order valence-electron chi connectivity index (χ2n) is 8.17. The Bertz CT molecular complexity index is 1060. The lowest BCUT2D eigenvalue weighted by atomic mass is 9.97. The number of nitrogens with zero attached hydrogens (tertiary/aromatic N) is 3. The molecule has 1 fully saturated rings.